The number of nitrogens with one attached hydrogen (secondary N) is 4. The standard InChI is InChI=1S/C27H35N7O5S/c1-17(35)39-24-21(23(37)30-24)29-25(38)27(10-4-3-5-11-27)31-22(36)19-8-6-18(7-9-19)20-16-40-26(28-20)32-34-14-12-33(2)13-15-34/h6-9,16,21,24H,3-5,10-15H2,1-2H3,(H,28,32)(H,29,38)(H,30,37)(H,31,36)/t21-,24+/m1/s1. The number of carbonyl (C=O) groups is 4. The molecule has 214 valence electrons. The minimum Gasteiger partial charge on any atom is -0.439 e. The highest BCUT2D eigenvalue weighted by molar-refractivity contribution is 7.14. The van der Waals surface area contributed by atoms with E-state index in [2.05, 4.69) is 38.3 Å². The third-order valence-corrected chi connectivity index (χ3v) is 8.39. The molecule has 4 N–H and O–H groups in total. The van der Waals surface area contributed by atoms with Crippen LogP contribution in [0.3, 0.4) is 0 Å². The summed E-state index contributed by atoms with van der Waals surface area (Å²) in [5, 5.41) is 13.1. The van der Waals surface area contributed by atoms with Crippen molar-refractivity contribution in [3.8, 4) is 11.3 Å². The molecular formula is C27H35N7O5S. The second-order valence-electron chi connectivity index (χ2n) is 10.6. The van der Waals surface area contributed by atoms with E-state index in [1.54, 1.807) is 12.1 Å². The van der Waals surface area contributed by atoms with E-state index >= 15 is 0 Å². The molecule has 2 atom stereocenters. The molecule has 5 rings (SSSR count). The maximum absolute atomic E-state index is 13.4. The first kappa shape index (κ1) is 28.0. The van der Waals surface area contributed by atoms with E-state index in [-0.39, 0.29) is 5.91 Å². The fourth-order valence-electron chi connectivity index (χ4n) is 5.21. The molecule has 2 aliphatic heterocycles. The van der Waals surface area contributed by atoms with Gasteiger partial charge in [0.1, 0.15) is 5.54 Å². The first-order valence-corrected chi connectivity index (χ1v) is 14.5. The number of hydrazine groups is 1. The second kappa shape index (κ2) is 11.9. The van der Waals surface area contributed by atoms with Crippen LogP contribution in [0.4, 0.5) is 5.13 Å². The molecule has 3 fully saturated rings. The molecule has 3 amide bonds. The molecule has 13 heteroatoms. The summed E-state index contributed by atoms with van der Waals surface area (Å²) in [4.78, 5) is 57.0. The number of aromatic nitrogens is 1. The number of amides is 3. The first-order valence-electron chi connectivity index (χ1n) is 13.6. The molecule has 2 aromatic rings. The highest BCUT2D eigenvalue weighted by Crippen LogP contribution is 2.30. The van der Waals surface area contributed by atoms with Gasteiger partial charge in [-0.3, -0.25) is 24.6 Å². The second-order valence-corrected chi connectivity index (χ2v) is 11.5. The fraction of sp³-hybridized carbons (Fsp3) is 0.519. The number of rotatable bonds is 8. The van der Waals surface area contributed by atoms with Gasteiger partial charge in [-0.15, -0.1) is 11.3 Å². The Kier molecular flexibility index (Phi) is 8.33. The zero-order valence-corrected chi connectivity index (χ0v) is 23.5. The van der Waals surface area contributed by atoms with Crippen LogP contribution in [0, 0.1) is 0 Å². The largest absolute Gasteiger partial charge is 0.439 e. The predicted octanol–water partition coefficient (Wildman–Crippen LogP) is 1.32. The Bertz CT molecular complexity index is 1250. The number of piperazine rings is 1. The van der Waals surface area contributed by atoms with Gasteiger partial charge in [0.2, 0.25) is 12.1 Å². The number of hydrogen-bond donors (Lipinski definition) is 4. The Balaban J connectivity index is 1.22. The summed E-state index contributed by atoms with van der Waals surface area (Å²) < 4.78 is 5.05. The molecule has 1 aromatic carbocycles. The number of hydrogen-bond acceptors (Lipinski definition) is 10. The molecule has 1 aromatic heterocycles. The Morgan fingerprint density at radius 3 is 2.42 bits per heavy atom. The molecule has 3 heterocycles. The zero-order valence-electron chi connectivity index (χ0n) is 22.7. The van der Waals surface area contributed by atoms with E-state index in [4.69, 9.17) is 9.72 Å². The normalized spacial score (nSPS) is 22.9. The first-order chi connectivity index (χ1) is 19.2. The molecule has 1 saturated carbocycles. The molecule has 0 unspecified atom stereocenters. The molecule has 0 bridgehead atoms. The van der Waals surface area contributed by atoms with E-state index < -0.39 is 35.6 Å². The molecule has 2 saturated heterocycles. The van der Waals surface area contributed by atoms with Gasteiger partial charge >= 0.3 is 5.97 Å². The molecule has 12 nitrogen and oxygen atoms in total. The molecular weight excluding hydrogens is 534 g/mol. The summed E-state index contributed by atoms with van der Waals surface area (Å²) in [5.41, 5.74) is 4.36. The van der Waals surface area contributed by atoms with Gasteiger partial charge < -0.3 is 25.6 Å². The van der Waals surface area contributed by atoms with Crippen LogP contribution in [-0.2, 0) is 19.1 Å². The van der Waals surface area contributed by atoms with Crippen molar-refractivity contribution in [1.29, 1.82) is 0 Å². The summed E-state index contributed by atoms with van der Waals surface area (Å²) in [7, 11) is 2.11. The number of thiazole rings is 1. The van der Waals surface area contributed by atoms with Crippen molar-refractivity contribution in [1.82, 2.24) is 30.8 Å². The van der Waals surface area contributed by atoms with Crippen molar-refractivity contribution < 1.29 is 23.9 Å². The Morgan fingerprint density at radius 2 is 1.77 bits per heavy atom. The number of β-lactam (4-membered cyclic amide) rings is 1. The van der Waals surface area contributed by atoms with Crippen LogP contribution in [-0.4, -0.2) is 89.6 Å². The SMILES string of the molecule is CC(=O)O[C@@H]1NC(=O)[C@H]1NC(=O)C1(NC(=O)c2ccc(-c3csc(NN4CCN(C)CC4)n3)cc2)CCCCC1. The number of nitrogens with zero attached hydrogens (tertiary/aromatic N) is 3. The van der Waals surface area contributed by atoms with E-state index in [1.165, 1.54) is 18.3 Å². The number of likely N-dealkylation sites (N-methyl/N-ethyl adjacent to an activating group) is 1. The summed E-state index contributed by atoms with van der Waals surface area (Å²) in [6, 6.07) is 6.16. The van der Waals surface area contributed by atoms with Gasteiger partial charge in [-0.1, -0.05) is 31.4 Å². The minimum atomic E-state index is -1.15. The van der Waals surface area contributed by atoms with Crippen LogP contribution in [0.2, 0.25) is 0 Å². The number of ether oxygens (including phenoxy) is 1. The van der Waals surface area contributed by atoms with Gasteiger partial charge in [0.25, 0.3) is 11.8 Å². The fourth-order valence-corrected chi connectivity index (χ4v) is 5.95. The maximum Gasteiger partial charge on any atom is 0.304 e. The van der Waals surface area contributed by atoms with Gasteiger partial charge in [0, 0.05) is 49.6 Å². The summed E-state index contributed by atoms with van der Waals surface area (Å²) in [5.74, 6) is -1.81. The number of benzene rings is 1. The van der Waals surface area contributed by atoms with Crippen molar-refractivity contribution in [2.75, 3.05) is 38.7 Å². The van der Waals surface area contributed by atoms with Crippen molar-refractivity contribution in [2.45, 2.75) is 56.8 Å². The number of esters is 1. The van der Waals surface area contributed by atoms with Gasteiger partial charge in [0.15, 0.2) is 11.2 Å². The third-order valence-electron chi connectivity index (χ3n) is 7.65. The highest BCUT2D eigenvalue weighted by Gasteiger charge is 2.48. The molecule has 0 spiro atoms. The van der Waals surface area contributed by atoms with Crippen molar-refractivity contribution in [2.24, 2.45) is 0 Å². The average Bonchev–Trinajstić information content (AvgIpc) is 3.41. The Morgan fingerprint density at radius 1 is 1.07 bits per heavy atom. The summed E-state index contributed by atoms with van der Waals surface area (Å²) >= 11 is 1.53. The summed E-state index contributed by atoms with van der Waals surface area (Å²) in [6.45, 7) is 5.09. The van der Waals surface area contributed by atoms with Crippen LogP contribution >= 0.6 is 11.3 Å². The number of anilines is 1. The smallest absolute Gasteiger partial charge is 0.304 e. The molecule has 3 aliphatic rings. The summed E-state index contributed by atoms with van der Waals surface area (Å²) in [6.07, 6.45) is 2.49. The van der Waals surface area contributed by atoms with E-state index in [0.29, 0.717) is 18.4 Å². The Hall–Kier alpha value is -3.55. The topological polar surface area (TPSA) is 145 Å². The lowest BCUT2D eigenvalue weighted by molar-refractivity contribution is -0.165. The van der Waals surface area contributed by atoms with Crippen LogP contribution in [0.1, 0.15) is 49.4 Å². The highest BCUT2D eigenvalue weighted by atomic mass is 32.1. The lowest BCUT2D eigenvalue weighted by Crippen LogP contribution is -2.73. The number of carbonyl (C=O) groups excluding carboxylic acids is 4. The van der Waals surface area contributed by atoms with E-state index in [9.17, 15) is 19.2 Å². The predicted molar refractivity (Wildman–Crippen MR) is 149 cm³/mol. The van der Waals surface area contributed by atoms with Crippen molar-refractivity contribution in [3.63, 3.8) is 0 Å². The van der Waals surface area contributed by atoms with Gasteiger partial charge in [0.05, 0.1) is 5.69 Å². The molecule has 0 radical (unpaired) electrons. The lowest BCUT2D eigenvalue weighted by Gasteiger charge is -2.41. The third kappa shape index (κ3) is 6.26. The minimum absolute atomic E-state index is 0.367. The molecule has 1 aliphatic carbocycles. The monoisotopic (exact) mass is 569 g/mol. The van der Waals surface area contributed by atoms with Gasteiger partial charge in [-0.25, -0.2) is 9.99 Å². The van der Waals surface area contributed by atoms with Crippen LogP contribution in [0.25, 0.3) is 11.3 Å². The molecule has 40 heavy (non-hydrogen) atoms. The average molecular weight is 570 g/mol. The van der Waals surface area contributed by atoms with Crippen molar-refractivity contribution in [3.05, 3.63) is 35.2 Å². The van der Waals surface area contributed by atoms with E-state index in [0.717, 1.165) is 61.8 Å². The zero-order chi connectivity index (χ0) is 28.3. The van der Waals surface area contributed by atoms with Crippen LogP contribution in [0.5, 0.6) is 0 Å². The van der Waals surface area contributed by atoms with Crippen LogP contribution < -0.4 is 21.4 Å². The maximum atomic E-state index is 13.4. The van der Waals surface area contributed by atoms with Crippen molar-refractivity contribution >= 4 is 40.2 Å². The van der Waals surface area contributed by atoms with Crippen LogP contribution in [0.15, 0.2) is 29.6 Å². The Labute approximate surface area is 236 Å². The van der Waals surface area contributed by atoms with E-state index in [1.807, 2.05) is 17.5 Å². The quantitative estimate of drug-likeness (QED) is 0.273. The van der Waals surface area contributed by atoms with Gasteiger partial charge in [-0.05, 0) is 32.0 Å². The lowest BCUT2D eigenvalue weighted by atomic mass is 9.80. The van der Waals surface area contributed by atoms with Gasteiger partial charge in [-0.2, -0.15) is 0 Å².